The molecule has 6 rings (SSSR count). The molecule has 2 aliphatic carbocycles. The van der Waals surface area contributed by atoms with Crippen LogP contribution in [0.25, 0.3) is 0 Å². The van der Waals surface area contributed by atoms with Crippen LogP contribution in [0.5, 0.6) is 0 Å². The number of imide groups is 1. The van der Waals surface area contributed by atoms with Gasteiger partial charge in [0.05, 0.1) is 0 Å². The van der Waals surface area contributed by atoms with Gasteiger partial charge in [-0.1, -0.05) is 18.2 Å². The van der Waals surface area contributed by atoms with Gasteiger partial charge in [-0.3, -0.25) is 4.90 Å². The van der Waals surface area contributed by atoms with Gasteiger partial charge in [0.1, 0.15) is 18.0 Å². The summed E-state index contributed by atoms with van der Waals surface area (Å²) in [6.45, 7) is 1.56. The van der Waals surface area contributed by atoms with E-state index in [2.05, 4.69) is 10.2 Å². The number of likely N-dealkylation sites (tertiary alicyclic amines) is 1. The second-order valence-electron chi connectivity index (χ2n) is 11.2. The molecule has 4 fully saturated rings. The fraction of sp³-hybridized carbons (Fsp3) is 0.517. The van der Waals surface area contributed by atoms with Gasteiger partial charge in [-0.05, 0) is 92.2 Å². The molecule has 3 unspecified atom stereocenters. The first kappa shape index (κ1) is 25.2. The highest BCUT2D eigenvalue weighted by molar-refractivity contribution is 5.93. The quantitative estimate of drug-likeness (QED) is 0.527. The molecule has 3 amide bonds. The molecule has 202 valence electrons. The molecule has 2 aromatic rings. The van der Waals surface area contributed by atoms with Crippen molar-refractivity contribution in [2.75, 3.05) is 13.1 Å². The van der Waals surface area contributed by atoms with Crippen molar-refractivity contribution in [2.45, 2.75) is 75.1 Å². The van der Waals surface area contributed by atoms with E-state index in [1.54, 1.807) is 0 Å². The lowest BCUT2D eigenvalue weighted by Gasteiger charge is -2.35. The number of urea groups is 1. The number of nitrogens with zero attached hydrogens (tertiary/aromatic N) is 2. The third-order valence-corrected chi connectivity index (χ3v) is 8.72. The first-order valence-corrected chi connectivity index (χ1v) is 13.6. The van der Waals surface area contributed by atoms with E-state index >= 15 is 0 Å². The second kappa shape index (κ2) is 10.2. The van der Waals surface area contributed by atoms with E-state index in [1.165, 1.54) is 23.8 Å². The van der Waals surface area contributed by atoms with Gasteiger partial charge in [-0.15, -0.1) is 0 Å². The number of carbonyl (C=O) groups is 2. The standard InChI is InChI=1S/C29H32F3N3O3/c30-21-8-3-17(4-9-21)18-5-10-23(11-6-18)34-14-13-22(16-34)33-28(36)35-26(20-7-12-24(31)25(32)15-20)27(19-1-2-19)38-29(35)37/h3-4,7-9,12,15,18-19,22-23,26-27H,1-2,5-6,10-11,13-14,16H2,(H,33,36). The molecule has 0 aromatic heterocycles. The highest BCUT2D eigenvalue weighted by Crippen LogP contribution is 2.46. The Morgan fingerprint density at radius 3 is 2.26 bits per heavy atom. The van der Waals surface area contributed by atoms with Gasteiger partial charge >= 0.3 is 12.1 Å². The molecule has 4 aliphatic rings. The number of hydrogen-bond acceptors (Lipinski definition) is 4. The van der Waals surface area contributed by atoms with Crippen molar-refractivity contribution in [1.82, 2.24) is 15.1 Å². The van der Waals surface area contributed by atoms with Gasteiger partial charge in [0.25, 0.3) is 0 Å². The molecule has 6 nitrogen and oxygen atoms in total. The van der Waals surface area contributed by atoms with E-state index in [0.29, 0.717) is 24.1 Å². The van der Waals surface area contributed by atoms with Crippen molar-refractivity contribution in [3.8, 4) is 0 Å². The second-order valence-corrected chi connectivity index (χ2v) is 11.2. The van der Waals surface area contributed by atoms with Crippen LogP contribution in [0.2, 0.25) is 0 Å². The van der Waals surface area contributed by atoms with Gasteiger partial charge in [-0.25, -0.2) is 27.7 Å². The Labute approximate surface area is 220 Å². The highest BCUT2D eigenvalue weighted by atomic mass is 19.2. The first-order chi connectivity index (χ1) is 18.4. The summed E-state index contributed by atoms with van der Waals surface area (Å²) >= 11 is 0. The number of ether oxygens (including phenoxy) is 1. The van der Waals surface area contributed by atoms with Crippen molar-refractivity contribution in [2.24, 2.45) is 5.92 Å². The normalized spacial score (nSPS) is 29.9. The molecule has 2 saturated heterocycles. The summed E-state index contributed by atoms with van der Waals surface area (Å²) in [6, 6.07) is 9.27. The summed E-state index contributed by atoms with van der Waals surface area (Å²) in [4.78, 5) is 29.6. The molecule has 0 radical (unpaired) electrons. The minimum absolute atomic E-state index is 0.113. The van der Waals surface area contributed by atoms with Crippen molar-refractivity contribution >= 4 is 12.1 Å². The predicted molar refractivity (Wildman–Crippen MR) is 134 cm³/mol. The van der Waals surface area contributed by atoms with E-state index in [0.717, 1.165) is 68.5 Å². The Morgan fingerprint density at radius 2 is 1.58 bits per heavy atom. The van der Waals surface area contributed by atoms with Crippen LogP contribution in [0.1, 0.15) is 68.0 Å². The number of nitrogens with one attached hydrogen (secondary N) is 1. The minimum atomic E-state index is -1.02. The fourth-order valence-electron chi connectivity index (χ4n) is 6.51. The number of cyclic esters (lactones) is 1. The summed E-state index contributed by atoms with van der Waals surface area (Å²) in [5, 5.41) is 3.01. The zero-order chi connectivity index (χ0) is 26.4. The summed E-state index contributed by atoms with van der Waals surface area (Å²) < 4.78 is 46.5. The molecular formula is C29H32F3N3O3. The summed E-state index contributed by atoms with van der Waals surface area (Å²) in [5.41, 5.74) is 1.54. The Bertz CT molecular complexity index is 1200. The number of hydrogen-bond donors (Lipinski definition) is 1. The number of carbonyl (C=O) groups excluding carboxylic acids is 2. The van der Waals surface area contributed by atoms with Crippen LogP contribution in [0, 0.1) is 23.4 Å². The van der Waals surface area contributed by atoms with Crippen LogP contribution in [-0.4, -0.2) is 53.2 Å². The Hall–Kier alpha value is -3.07. The molecule has 9 heteroatoms. The maximum atomic E-state index is 14.0. The number of benzene rings is 2. The maximum absolute atomic E-state index is 14.0. The Kier molecular flexibility index (Phi) is 6.80. The van der Waals surface area contributed by atoms with E-state index in [4.69, 9.17) is 4.74 Å². The molecule has 0 bridgehead atoms. The molecule has 38 heavy (non-hydrogen) atoms. The van der Waals surface area contributed by atoms with Gasteiger partial charge in [0.2, 0.25) is 0 Å². The van der Waals surface area contributed by atoms with Crippen LogP contribution in [0.15, 0.2) is 42.5 Å². The van der Waals surface area contributed by atoms with Gasteiger partial charge in [-0.2, -0.15) is 0 Å². The lowest BCUT2D eigenvalue weighted by molar-refractivity contribution is 0.118. The zero-order valence-corrected chi connectivity index (χ0v) is 21.1. The van der Waals surface area contributed by atoms with Crippen molar-refractivity contribution in [3.63, 3.8) is 0 Å². The van der Waals surface area contributed by atoms with Crippen LogP contribution in [0.3, 0.4) is 0 Å². The summed E-state index contributed by atoms with van der Waals surface area (Å²) in [6.07, 6.45) is 5.38. The van der Waals surface area contributed by atoms with Crippen molar-refractivity contribution in [3.05, 3.63) is 71.0 Å². The average molecular weight is 528 g/mol. The highest BCUT2D eigenvalue weighted by Gasteiger charge is 2.52. The van der Waals surface area contributed by atoms with Crippen LogP contribution in [0.4, 0.5) is 22.8 Å². The molecule has 2 saturated carbocycles. The van der Waals surface area contributed by atoms with Gasteiger partial charge in [0, 0.05) is 25.2 Å². The molecule has 2 aliphatic heterocycles. The lowest BCUT2D eigenvalue weighted by atomic mass is 9.81. The summed E-state index contributed by atoms with van der Waals surface area (Å²) in [7, 11) is 0. The molecule has 0 spiro atoms. The largest absolute Gasteiger partial charge is 0.443 e. The minimum Gasteiger partial charge on any atom is -0.443 e. The molecule has 1 N–H and O–H groups in total. The average Bonchev–Trinajstić information content (AvgIpc) is 3.56. The summed E-state index contributed by atoms with van der Waals surface area (Å²) in [5.74, 6) is -1.65. The van der Waals surface area contributed by atoms with E-state index < -0.39 is 35.9 Å². The maximum Gasteiger partial charge on any atom is 0.419 e. The SMILES string of the molecule is O=C(NC1CCN(C2CCC(c3ccc(F)cc3)CC2)C1)N1C(=O)OC(C2CC2)C1c1ccc(F)c(F)c1. The predicted octanol–water partition coefficient (Wildman–Crippen LogP) is 5.89. The lowest BCUT2D eigenvalue weighted by Crippen LogP contribution is -2.48. The topological polar surface area (TPSA) is 61.9 Å². The van der Waals surface area contributed by atoms with E-state index in [1.807, 2.05) is 12.1 Å². The molecular weight excluding hydrogens is 495 g/mol. The monoisotopic (exact) mass is 527 g/mol. The third kappa shape index (κ3) is 5.00. The molecule has 2 aromatic carbocycles. The third-order valence-electron chi connectivity index (χ3n) is 8.72. The number of halogens is 3. The van der Waals surface area contributed by atoms with E-state index in [9.17, 15) is 22.8 Å². The first-order valence-electron chi connectivity index (χ1n) is 13.6. The van der Waals surface area contributed by atoms with E-state index in [-0.39, 0.29) is 17.8 Å². The van der Waals surface area contributed by atoms with Crippen LogP contribution < -0.4 is 5.32 Å². The number of rotatable bonds is 5. The molecule has 2 heterocycles. The Morgan fingerprint density at radius 1 is 0.868 bits per heavy atom. The Balaban J connectivity index is 1.08. The zero-order valence-electron chi connectivity index (χ0n) is 21.1. The van der Waals surface area contributed by atoms with Crippen LogP contribution in [-0.2, 0) is 4.74 Å². The van der Waals surface area contributed by atoms with Gasteiger partial charge < -0.3 is 10.1 Å². The fourth-order valence-corrected chi connectivity index (χ4v) is 6.51. The smallest absolute Gasteiger partial charge is 0.419 e. The molecule has 3 atom stereocenters. The van der Waals surface area contributed by atoms with Crippen molar-refractivity contribution < 1.29 is 27.5 Å². The number of amides is 3. The van der Waals surface area contributed by atoms with Gasteiger partial charge in [0.15, 0.2) is 11.6 Å². The van der Waals surface area contributed by atoms with Crippen LogP contribution >= 0.6 is 0 Å². The van der Waals surface area contributed by atoms with Crippen molar-refractivity contribution in [1.29, 1.82) is 0 Å².